The van der Waals surface area contributed by atoms with Crippen LogP contribution in [0, 0.1) is 5.92 Å². The van der Waals surface area contributed by atoms with Crippen molar-refractivity contribution in [2.45, 2.75) is 19.4 Å². The zero-order chi connectivity index (χ0) is 10.3. The van der Waals surface area contributed by atoms with Crippen molar-refractivity contribution in [3.8, 4) is 0 Å². The Bertz CT molecular complexity index is 180. The second-order valence-corrected chi connectivity index (χ2v) is 3.04. The number of hydrogen-bond donors (Lipinski definition) is 2. The van der Waals surface area contributed by atoms with Gasteiger partial charge in [0.1, 0.15) is 6.04 Å². The number of hydrogen-bond acceptors (Lipinski definition) is 3. The number of ether oxygens (including phenoxy) is 1. The summed E-state index contributed by atoms with van der Waals surface area (Å²) in [5.74, 6) is -0.671. The van der Waals surface area contributed by atoms with Gasteiger partial charge in [-0.2, -0.15) is 0 Å². The molecule has 0 rings (SSSR count). The average molecular weight is 187 g/mol. The van der Waals surface area contributed by atoms with Crippen molar-refractivity contribution in [1.29, 1.82) is 0 Å². The molecule has 0 bridgehead atoms. The van der Waals surface area contributed by atoms with Crippen LogP contribution in [-0.2, 0) is 9.53 Å². The molecule has 0 radical (unpaired) electrons. The second-order valence-electron chi connectivity index (χ2n) is 3.04. The summed E-state index contributed by atoms with van der Waals surface area (Å²) in [6.45, 7) is 2.63. The fourth-order valence-electron chi connectivity index (χ4n) is 0.877. The van der Waals surface area contributed by atoms with Gasteiger partial charge < -0.3 is 15.6 Å². The molecule has 1 unspecified atom stereocenters. The van der Waals surface area contributed by atoms with Gasteiger partial charge in [0.05, 0.1) is 6.61 Å². The van der Waals surface area contributed by atoms with Gasteiger partial charge in [0.15, 0.2) is 0 Å². The zero-order valence-electron chi connectivity index (χ0n) is 8.06. The van der Waals surface area contributed by atoms with Gasteiger partial charge in [0.2, 0.25) is 0 Å². The molecular weight excluding hydrogens is 170 g/mol. The molecule has 3 N–H and O–H groups in total. The quantitative estimate of drug-likeness (QED) is 0.598. The summed E-state index contributed by atoms with van der Waals surface area (Å²) in [5.41, 5.74) is 5.29. The first-order chi connectivity index (χ1) is 6.07. The van der Waals surface area contributed by atoms with Gasteiger partial charge in [-0.3, -0.25) is 4.79 Å². The number of nitrogens with two attached hydrogens (primary N) is 1. The van der Waals surface area contributed by atoms with Crippen LogP contribution in [0.3, 0.4) is 0 Å². The van der Waals surface area contributed by atoms with E-state index in [9.17, 15) is 4.79 Å². The van der Waals surface area contributed by atoms with Crippen LogP contribution >= 0.6 is 0 Å². The second kappa shape index (κ2) is 6.62. The predicted octanol–water partition coefficient (Wildman–Crippen LogP) is 0.627. The van der Waals surface area contributed by atoms with E-state index in [-0.39, 0.29) is 0 Å². The van der Waals surface area contributed by atoms with Gasteiger partial charge >= 0.3 is 5.97 Å². The van der Waals surface area contributed by atoms with Crippen LogP contribution in [0.5, 0.6) is 0 Å². The highest BCUT2D eigenvalue weighted by atomic mass is 16.5. The molecule has 0 heterocycles. The van der Waals surface area contributed by atoms with Gasteiger partial charge in [0, 0.05) is 7.11 Å². The molecule has 0 aromatic heterocycles. The molecule has 0 aromatic rings. The summed E-state index contributed by atoms with van der Waals surface area (Å²) in [6, 6.07) is -0.800. The Morgan fingerprint density at radius 3 is 2.77 bits per heavy atom. The first kappa shape index (κ1) is 12.1. The Kier molecular flexibility index (Phi) is 6.18. The van der Waals surface area contributed by atoms with E-state index < -0.39 is 12.0 Å². The van der Waals surface area contributed by atoms with Gasteiger partial charge in [-0.05, 0) is 12.3 Å². The van der Waals surface area contributed by atoms with Crippen LogP contribution in [0.25, 0.3) is 0 Å². The predicted molar refractivity (Wildman–Crippen MR) is 50.4 cm³/mol. The van der Waals surface area contributed by atoms with E-state index in [0.29, 0.717) is 18.9 Å². The normalized spacial score (nSPS) is 15.9. The van der Waals surface area contributed by atoms with E-state index in [4.69, 9.17) is 15.6 Å². The monoisotopic (exact) mass is 187 g/mol. The highest BCUT2D eigenvalue weighted by Gasteiger charge is 2.08. The molecule has 0 spiro atoms. The Labute approximate surface area is 78.4 Å². The molecule has 0 saturated carbocycles. The molecular formula is C9H17NO3. The van der Waals surface area contributed by atoms with Crippen molar-refractivity contribution in [1.82, 2.24) is 0 Å². The van der Waals surface area contributed by atoms with E-state index in [2.05, 4.69) is 0 Å². The maximum atomic E-state index is 10.3. The Morgan fingerprint density at radius 2 is 2.31 bits per heavy atom. The molecule has 76 valence electrons. The first-order valence-electron chi connectivity index (χ1n) is 4.22. The lowest BCUT2D eigenvalue weighted by Crippen LogP contribution is -2.29. The number of aliphatic carboxylic acids is 1. The van der Waals surface area contributed by atoms with E-state index in [1.165, 1.54) is 0 Å². The summed E-state index contributed by atoms with van der Waals surface area (Å²) < 4.78 is 4.91. The van der Waals surface area contributed by atoms with E-state index in [1.807, 2.05) is 13.0 Å². The Hall–Kier alpha value is -0.870. The summed E-state index contributed by atoms with van der Waals surface area (Å²) in [7, 11) is 1.63. The lowest BCUT2D eigenvalue weighted by molar-refractivity contribution is -0.138. The molecule has 0 amide bonds. The largest absolute Gasteiger partial charge is 0.480 e. The minimum absolute atomic E-state index is 0.297. The van der Waals surface area contributed by atoms with Crippen LogP contribution in [-0.4, -0.2) is 30.8 Å². The lowest BCUT2D eigenvalue weighted by Gasteiger charge is -2.04. The van der Waals surface area contributed by atoms with E-state index in [1.54, 1.807) is 13.2 Å². The molecule has 13 heavy (non-hydrogen) atoms. The Morgan fingerprint density at radius 1 is 1.69 bits per heavy atom. The molecule has 0 saturated heterocycles. The maximum Gasteiger partial charge on any atom is 0.320 e. The number of carboxylic acid groups (broad SMARTS) is 1. The summed E-state index contributed by atoms with van der Waals surface area (Å²) >= 11 is 0. The van der Waals surface area contributed by atoms with Gasteiger partial charge in [0.25, 0.3) is 0 Å². The SMILES string of the molecule is COCC(C)/C=C/C[C@H](N)C(=O)O. The zero-order valence-corrected chi connectivity index (χ0v) is 8.06. The minimum atomic E-state index is -0.968. The summed E-state index contributed by atoms with van der Waals surface area (Å²) in [6.07, 6.45) is 4.05. The van der Waals surface area contributed by atoms with E-state index >= 15 is 0 Å². The van der Waals surface area contributed by atoms with Gasteiger partial charge in [-0.1, -0.05) is 19.1 Å². The summed E-state index contributed by atoms with van der Waals surface area (Å²) in [4.78, 5) is 10.3. The molecule has 0 aliphatic rings. The van der Waals surface area contributed by atoms with Gasteiger partial charge in [-0.15, -0.1) is 0 Å². The highest BCUT2D eigenvalue weighted by Crippen LogP contribution is 1.99. The third-order valence-electron chi connectivity index (χ3n) is 1.60. The molecule has 2 atom stereocenters. The topological polar surface area (TPSA) is 72.5 Å². The first-order valence-corrected chi connectivity index (χ1v) is 4.22. The fourth-order valence-corrected chi connectivity index (χ4v) is 0.877. The number of carbonyl (C=O) groups is 1. The maximum absolute atomic E-state index is 10.3. The van der Waals surface area contributed by atoms with Crippen LogP contribution in [0.1, 0.15) is 13.3 Å². The standard InChI is InChI=1S/C9H17NO3/c1-7(6-13-2)4-3-5-8(10)9(11)12/h3-4,7-8H,5-6,10H2,1-2H3,(H,11,12)/b4-3+/t7?,8-/m0/s1. The van der Waals surface area contributed by atoms with Crippen LogP contribution in [0.15, 0.2) is 12.2 Å². The number of carboxylic acids is 1. The molecule has 0 aliphatic heterocycles. The van der Waals surface area contributed by atoms with Crippen molar-refractivity contribution in [3.05, 3.63) is 12.2 Å². The summed E-state index contributed by atoms with van der Waals surface area (Å²) in [5, 5.41) is 8.47. The highest BCUT2D eigenvalue weighted by molar-refractivity contribution is 5.73. The third kappa shape index (κ3) is 6.31. The molecule has 0 aliphatic carbocycles. The molecule has 0 aromatic carbocycles. The minimum Gasteiger partial charge on any atom is -0.480 e. The van der Waals surface area contributed by atoms with Crippen LogP contribution < -0.4 is 5.73 Å². The van der Waals surface area contributed by atoms with Crippen molar-refractivity contribution in [2.24, 2.45) is 11.7 Å². The van der Waals surface area contributed by atoms with E-state index in [0.717, 1.165) is 0 Å². The van der Waals surface area contributed by atoms with Crippen LogP contribution in [0.4, 0.5) is 0 Å². The number of methoxy groups -OCH3 is 1. The average Bonchev–Trinajstić information content (AvgIpc) is 2.04. The fraction of sp³-hybridized carbons (Fsp3) is 0.667. The number of rotatable bonds is 6. The van der Waals surface area contributed by atoms with Crippen molar-refractivity contribution in [2.75, 3.05) is 13.7 Å². The lowest BCUT2D eigenvalue weighted by atomic mass is 10.1. The molecule has 4 nitrogen and oxygen atoms in total. The van der Waals surface area contributed by atoms with Gasteiger partial charge in [-0.25, -0.2) is 0 Å². The molecule has 4 heteroatoms. The van der Waals surface area contributed by atoms with Crippen molar-refractivity contribution < 1.29 is 14.6 Å². The molecule has 0 fully saturated rings. The third-order valence-corrected chi connectivity index (χ3v) is 1.60. The van der Waals surface area contributed by atoms with Crippen molar-refractivity contribution in [3.63, 3.8) is 0 Å². The van der Waals surface area contributed by atoms with Crippen LogP contribution in [0.2, 0.25) is 0 Å². The van der Waals surface area contributed by atoms with Crippen molar-refractivity contribution >= 4 is 5.97 Å². The smallest absolute Gasteiger partial charge is 0.320 e. The Balaban J connectivity index is 3.67.